The van der Waals surface area contributed by atoms with Crippen LogP contribution >= 0.6 is 0 Å². The van der Waals surface area contributed by atoms with Gasteiger partial charge in [-0.25, -0.2) is 4.79 Å². The lowest BCUT2D eigenvalue weighted by Crippen LogP contribution is -2.48. The van der Waals surface area contributed by atoms with E-state index in [1.807, 2.05) is 30.5 Å². The third-order valence-corrected chi connectivity index (χ3v) is 6.56. The molecule has 4 atom stereocenters. The summed E-state index contributed by atoms with van der Waals surface area (Å²) in [4.78, 5) is 41.8. The smallest absolute Gasteiger partial charge is 0.325 e. The number of hydrogen-bond donors (Lipinski definition) is 3. The Morgan fingerprint density at radius 3 is 2.83 bits per heavy atom. The number of para-hydroxylation sites is 1. The van der Waals surface area contributed by atoms with Crippen molar-refractivity contribution in [1.82, 2.24) is 20.5 Å². The molecule has 7 heteroatoms. The van der Waals surface area contributed by atoms with Gasteiger partial charge in [0.2, 0.25) is 5.91 Å². The van der Waals surface area contributed by atoms with Gasteiger partial charge < -0.3 is 15.6 Å². The highest BCUT2D eigenvalue weighted by atomic mass is 16.2. The SMILES string of the molecule is C[C@@H]1[C@H](C)CCC[C@@H]1NC(=O)CN1C(=O)N[C@@H](Cc2c[nH]c3ccccc23)C1=O. The molecule has 0 spiro atoms. The molecule has 0 unspecified atom stereocenters. The maximum atomic E-state index is 12.8. The summed E-state index contributed by atoms with van der Waals surface area (Å²) >= 11 is 0. The van der Waals surface area contributed by atoms with E-state index in [-0.39, 0.29) is 24.4 Å². The Morgan fingerprint density at radius 1 is 1.21 bits per heavy atom. The number of imide groups is 1. The van der Waals surface area contributed by atoms with E-state index < -0.39 is 12.1 Å². The Labute approximate surface area is 170 Å². The fourth-order valence-corrected chi connectivity index (χ4v) is 4.57. The van der Waals surface area contributed by atoms with Gasteiger partial charge in [-0.3, -0.25) is 14.5 Å². The molecule has 0 radical (unpaired) electrons. The first-order chi connectivity index (χ1) is 13.9. The topological polar surface area (TPSA) is 94.3 Å². The Balaban J connectivity index is 1.38. The van der Waals surface area contributed by atoms with E-state index in [0.29, 0.717) is 18.3 Å². The molecule has 1 saturated heterocycles. The number of aromatic amines is 1. The Bertz CT molecular complexity index is 937. The van der Waals surface area contributed by atoms with Gasteiger partial charge in [0.05, 0.1) is 0 Å². The maximum Gasteiger partial charge on any atom is 0.325 e. The second-order valence-corrected chi connectivity index (χ2v) is 8.43. The van der Waals surface area contributed by atoms with E-state index in [0.717, 1.165) is 34.2 Å². The average Bonchev–Trinajstić information content (AvgIpc) is 3.22. The number of carbonyl (C=O) groups excluding carboxylic acids is 3. The van der Waals surface area contributed by atoms with Crippen molar-refractivity contribution >= 4 is 28.7 Å². The van der Waals surface area contributed by atoms with Gasteiger partial charge >= 0.3 is 6.03 Å². The largest absolute Gasteiger partial charge is 0.361 e. The molecule has 1 aromatic carbocycles. The molecule has 2 heterocycles. The van der Waals surface area contributed by atoms with E-state index >= 15 is 0 Å². The highest BCUT2D eigenvalue weighted by Gasteiger charge is 2.39. The second-order valence-electron chi connectivity index (χ2n) is 8.43. The zero-order valence-electron chi connectivity index (χ0n) is 16.9. The fraction of sp³-hybridized carbons (Fsp3) is 0.500. The molecule has 2 fully saturated rings. The van der Waals surface area contributed by atoms with Crippen molar-refractivity contribution in [3.8, 4) is 0 Å². The minimum Gasteiger partial charge on any atom is -0.361 e. The number of H-pyrrole nitrogens is 1. The molecule has 2 aliphatic rings. The van der Waals surface area contributed by atoms with Gasteiger partial charge in [0.25, 0.3) is 5.91 Å². The van der Waals surface area contributed by atoms with Crippen molar-refractivity contribution in [2.45, 2.75) is 51.6 Å². The van der Waals surface area contributed by atoms with Crippen LogP contribution in [-0.2, 0) is 16.0 Å². The van der Waals surface area contributed by atoms with Crippen molar-refractivity contribution in [1.29, 1.82) is 0 Å². The zero-order valence-corrected chi connectivity index (χ0v) is 16.9. The number of nitrogens with zero attached hydrogens (tertiary/aromatic N) is 1. The van der Waals surface area contributed by atoms with Crippen molar-refractivity contribution in [3.63, 3.8) is 0 Å². The monoisotopic (exact) mass is 396 g/mol. The zero-order chi connectivity index (χ0) is 20.5. The molecule has 29 heavy (non-hydrogen) atoms. The van der Waals surface area contributed by atoms with Crippen molar-refractivity contribution in [3.05, 3.63) is 36.0 Å². The third-order valence-electron chi connectivity index (χ3n) is 6.56. The minimum absolute atomic E-state index is 0.106. The van der Waals surface area contributed by atoms with Crippen molar-refractivity contribution in [2.24, 2.45) is 11.8 Å². The summed E-state index contributed by atoms with van der Waals surface area (Å²) < 4.78 is 0. The van der Waals surface area contributed by atoms with E-state index in [1.54, 1.807) is 0 Å². The van der Waals surface area contributed by atoms with E-state index in [9.17, 15) is 14.4 Å². The molecule has 154 valence electrons. The first-order valence-corrected chi connectivity index (χ1v) is 10.4. The van der Waals surface area contributed by atoms with Crippen LogP contribution in [0.2, 0.25) is 0 Å². The van der Waals surface area contributed by atoms with Gasteiger partial charge in [0, 0.05) is 29.6 Å². The van der Waals surface area contributed by atoms with Crippen LogP contribution in [0, 0.1) is 11.8 Å². The van der Waals surface area contributed by atoms with Crippen molar-refractivity contribution < 1.29 is 14.4 Å². The highest BCUT2D eigenvalue weighted by molar-refractivity contribution is 6.06. The lowest BCUT2D eigenvalue weighted by Gasteiger charge is -2.34. The van der Waals surface area contributed by atoms with Crippen LogP contribution in [0.3, 0.4) is 0 Å². The molecule has 1 aliphatic carbocycles. The van der Waals surface area contributed by atoms with Crippen LogP contribution in [0.25, 0.3) is 10.9 Å². The van der Waals surface area contributed by atoms with Crippen LogP contribution in [0.15, 0.2) is 30.5 Å². The summed E-state index contributed by atoms with van der Waals surface area (Å²) in [5.74, 6) is 0.337. The molecule has 3 N–H and O–H groups in total. The molecule has 1 aliphatic heterocycles. The van der Waals surface area contributed by atoms with Gasteiger partial charge in [-0.2, -0.15) is 0 Å². The number of urea groups is 1. The second kappa shape index (κ2) is 7.89. The summed E-state index contributed by atoms with van der Waals surface area (Å²) in [5, 5.41) is 6.79. The van der Waals surface area contributed by atoms with Crippen LogP contribution < -0.4 is 10.6 Å². The highest BCUT2D eigenvalue weighted by Crippen LogP contribution is 2.29. The van der Waals surface area contributed by atoms with Crippen LogP contribution in [0.4, 0.5) is 4.79 Å². The predicted molar refractivity (Wildman–Crippen MR) is 110 cm³/mol. The van der Waals surface area contributed by atoms with Crippen LogP contribution in [-0.4, -0.2) is 46.4 Å². The Hall–Kier alpha value is -2.83. The lowest BCUT2D eigenvalue weighted by atomic mass is 9.78. The Morgan fingerprint density at radius 2 is 2.00 bits per heavy atom. The van der Waals surface area contributed by atoms with Gasteiger partial charge in [-0.15, -0.1) is 0 Å². The van der Waals surface area contributed by atoms with Gasteiger partial charge in [0.1, 0.15) is 12.6 Å². The number of amides is 4. The number of fused-ring (bicyclic) bond motifs is 1. The number of carbonyl (C=O) groups is 3. The molecule has 4 rings (SSSR count). The number of nitrogens with one attached hydrogen (secondary N) is 3. The molecule has 7 nitrogen and oxygen atoms in total. The number of rotatable bonds is 5. The molecular weight excluding hydrogens is 368 g/mol. The van der Waals surface area contributed by atoms with E-state index in [1.165, 1.54) is 6.42 Å². The lowest BCUT2D eigenvalue weighted by molar-refractivity contribution is -0.132. The minimum atomic E-state index is -0.650. The van der Waals surface area contributed by atoms with Crippen LogP contribution in [0.1, 0.15) is 38.7 Å². The van der Waals surface area contributed by atoms with Gasteiger partial charge in [-0.1, -0.05) is 44.9 Å². The summed E-state index contributed by atoms with van der Waals surface area (Å²) in [5.41, 5.74) is 1.96. The normalized spacial score (nSPS) is 27.3. The fourth-order valence-electron chi connectivity index (χ4n) is 4.57. The van der Waals surface area contributed by atoms with Crippen molar-refractivity contribution in [2.75, 3.05) is 6.54 Å². The van der Waals surface area contributed by atoms with Crippen LogP contribution in [0.5, 0.6) is 0 Å². The molecule has 2 aromatic rings. The number of hydrogen-bond acceptors (Lipinski definition) is 3. The standard InChI is InChI=1S/C22H28N4O3/c1-13-6-5-9-17(14(13)2)24-20(27)12-26-21(28)19(25-22(26)29)10-15-11-23-18-8-4-3-7-16(15)18/h3-4,7-8,11,13-14,17,19,23H,5-6,9-10,12H2,1-2H3,(H,24,27)(H,25,29)/t13-,14-,17+,19+/m1/s1. The molecule has 1 saturated carbocycles. The van der Waals surface area contributed by atoms with Gasteiger partial charge in [0.15, 0.2) is 0 Å². The first kappa shape index (κ1) is 19.5. The predicted octanol–water partition coefficient (Wildman–Crippen LogP) is 2.57. The third kappa shape index (κ3) is 3.86. The van der Waals surface area contributed by atoms with E-state index in [2.05, 4.69) is 29.5 Å². The summed E-state index contributed by atoms with van der Waals surface area (Å²) in [6.45, 7) is 4.13. The van der Waals surface area contributed by atoms with E-state index in [4.69, 9.17) is 0 Å². The number of aromatic nitrogens is 1. The molecular formula is C22H28N4O3. The summed E-state index contributed by atoms with van der Waals surface area (Å²) in [7, 11) is 0. The van der Waals surface area contributed by atoms with Gasteiger partial charge in [-0.05, 0) is 29.9 Å². The molecule has 0 bridgehead atoms. The Kier molecular flexibility index (Phi) is 5.30. The average molecular weight is 396 g/mol. The maximum absolute atomic E-state index is 12.8. The first-order valence-electron chi connectivity index (χ1n) is 10.4. The molecule has 1 aromatic heterocycles. The number of benzene rings is 1. The summed E-state index contributed by atoms with van der Waals surface area (Å²) in [6, 6.07) is 6.80. The molecule has 4 amide bonds. The summed E-state index contributed by atoms with van der Waals surface area (Å²) in [6.07, 6.45) is 5.47. The quantitative estimate of drug-likeness (QED) is 0.678.